The van der Waals surface area contributed by atoms with Crippen molar-refractivity contribution in [1.29, 1.82) is 0 Å². The molecular formula is C15H25N3. The van der Waals surface area contributed by atoms with Gasteiger partial charge < -0.3 is 10.6 Å². The summed E-state index contributed by atoms with van der Waals surface area (Å²) >= 11 is 0. The zero-order valence-electron chi connectivity index (χ0n) is 11.8. The largest absolute Gasteiger partial charge is 0.371 e. The van der Waals surface area contributed by atoms with Gasteiger partial charge in [-0.1, -0.05) is 20.8 Å². The van der Waals surface area contributed by atoms with E-state index >= 15 is 0 Å². The monoisotopic (exact) mass is 247 g/mol. The van der Waals surface area contributed by atoms with Gasteiger partial charge >= 0.3 is 0 Å². The summed E-state index contributed by atoms with van der Waals surface area (Å²) in [6.07, 6.45) is 4.43. The first-order valence-corrected chi connectivity index (χ1v) is 6.90. The van der Waals surface area contributed by atoms with E-state index in [1.165, 1.54) is 18.5 Å². The molecule has 0 atom stereocenters. The van der Waals surface area contributed by atoms with Crippen molar-refractivity contribution < 1.29 is 0 Å². The Bertz CT molecular complexity index is 387. The third-order valence-electron chi connectivity index (χ3n) is 4.09. The van der Waals surface area contributed by atoms with E-state index in [-0.39, 0.29) is 0 Å². The van der Waals surface area contributed by atoms with Gasteiger partial charge in [-0.05, 0) is 36.3 Å². The van der Waals surface area contributed by atoms with E-state index in [2.05, 4.69) is 42.8 Å². The minimum absolute atomic E-state index is 0.437. The smallest absolute Gasteiger partial charge is 0.0560 e. The Hall–Kier alpha value is -1.09. The lowest BCUT2D eigenvalue weighted by Gasteiger charge is -2.39. The normalized spacial score (nSPS) is 18.1. The summed E-state index contributed by atoms with van der Waals surface area (Å²) in [5, 5.41) is 0. The van der Waals surface area contributed by atoms with Crippen LogP contribution in [0.2, 0.25) is 0 Å². The highest BCUT2D eigenvalue weighted by atomic mass is 15.1. The van der Waals surface area contributed by atoms with Crippen molar-refractivity contribution >= 4 is 5.69 Å². The van der Waals surface area contributed by atoms with Gasteiger partial charge in [0, 0.05) is 31.5 Å². The van der Waals surface area contributed by atoms with Gasteiger partial charge in [0.05, 0.1) is 5.69 Å². The molecular weight excluding hydrogens is 222 g/mol. The maximum atomic E-state index is 5.65. The van der Waals surface area contributed by atoms with Gasteiger partial charge in [-0.15, -0.1) is 0 Å². The second-order valence-electron chi connectivity index (χ2n) is 6.34. The molecule has 0 aromatic carbocycles. The quantitative estimate of drug-likeness (QED) is 0.874. The maximum Gasteiger partial charge on any atom is 0.0560 e. The molecule has 2 heterocycles. The molecule has 1 aromatic rings. The number of pyridine rings is 1. The number of nitrogens with two attached hydrogens (primary N) is 1. The van der Waals surface area contributed by atoms with Crippen LogP contribution in [0.15, 0.2) is 18.3 Å². The van der Waals surface area contributed by atoms with Crippen LogP contribution in [0.1, 0.15) is 39.3 Å². The number of piperidine rings is 1. The van der Waals surface area contributed by atoms with Crippen molar-refractivity contribution in [2.75, 3.05) is 18.0 Å². The number of nitrogens with zero attached hydrogens (tertiary/aromatic N) is 2. The highest BCUT2D eigenvalue weighted by molar-refractivity contribution is 5.46. The molecule has 2 N–H and O–H groups in total. The predicted octanol–water partition coefficient (Wildman–Crippen LogP) is 2.80. The molecule has 3 nitrogen and oxygen atoms in total. The van der Waals surface area contributed by atoms with E-state index in [1.54, 1.807) is 0 Å². The van der Waals surface area contributed by atoms with Gasteiger partial charge in [-0.25, -0.2) is 0 Å². The molecule has 1 aromatic heterocycles. The number of aromatic nitrogens is 1. The van der Waals surface area contributed by atoms with Gasteiger partial charge in [0.25, 0.3) is 0 Å². The Balaban J connectivity index is 2.01. The minimum Gasteiger partial charge on any atom is -0.371 e. The Morgan fingerprint density at radius 3 is 2.56 bits per heavy atom. The molecule has 1 aliphatic rings. The summed E-state index contributed by atoms with van der Waals surface area (Å²) < 4.78 is 0. The Morgan fingerprint density at radius 2 is 2.00 bits per heavy atom. The van der Waals surface area contributed by atoms with Gasteiger partial charge in [-0.3, -0.25) is 4.98 Å². The van der Waals surface area contributed by atoms with Crippen molar-refractivity contribution in [2.24, 2.45) is 17.1 Å². The van der Waals surface area contributed by atoms with E-state index in [9.17, 15) is 0 Å². The van der Waals surface area contributed by atoms with E-state index in [4.69, 9.17) is 5.73 Å². The summed E-state index contributed by atoms with van der Waals surface area (Å²) in [5.41, 5.74) is 8.34. The fourth-order valence-electron chi connectivity index (χ4n) is 2.78. The lowest BCUT2D eigenvalue weighted by molar-refractivity contribution is 0.199. The second kappa shape index (κ2) is 5.27. The summed E-state index contributed by atoms with van der Waals surface area (Å²) in [4.78, 5) is 6.72. The number of rotatable bonds is 2. The molecule has 1 saturated heterocycles. The van der Waals surface area contributed by atoms with E-state index in [0.29, 0.717) is 12.0 Å². The molecule has 0 saturated carbocycles. The zero-order chi connectivity index (χ0) is 13.2. The van der Waals surface area contributed by atoms with Gasteiger partial charge in [-0.2, -0.15) is 0 Å². The number of hydrogen-bond acceptors (Lipinski definition) is 3. The topological polar surface area (TPSA) is 42.2 Å². The zero-order valence-corrected chi connectivity index (χ0v) is 11.8. The third kappa shape index (κ3) is 3.02. The molecule has 0 bridgehead atoms. The molecule has 3 heteroatoms. The van der Waals surface area contributed by atoms with Crippen LogP contribution in [0, 0.1) is 11.3 Å². The minimum atomic E-state index is 0.437. The van der Waals surface area contributed by atoms with Crippen LogP contribution in [0.3, 0.4) is 0 Å². The Kier molecular flexibility index (Phi) is 3.91. The molecule has 0 radical (unpaired) electrons. The van der Waals surface area contributed by atoms with Gasteiger partial charge in [0.15, 0.2) is 0 Å². The van der Waals surface area contributed by atoms with Crippen molar-refractivity contribution in [3.8, 4) is 0 Å². The first-order chi connectivity index (χ1) is 8.50. The van der Waals surface area contributed by atoms with Gasteiger partial charge in [0.1, 0.15) is 0 Å². The first-order valence-electron chi connectivity index (χ1n) is 6.90. The molecule has 1 aliphatic heterocycles. The molecule has 0 amide bonds. The molecule has 100 valence electrons. The Labute approximate surface area is 110 Å². The highest BCUT2D eigenvalue weighted by Crippen LogP contribution is 2.35. The number of hydrogen-bond donors (Lipinski definition) is 1. The van der Waals surface area contributed by atoms with Crippen molar-refractivity contribution in [3.63, 3.8) is 0 Å². The van der Waals surface area contributed by atoms with Gasteiger partial charge in [0.2, 0.25) is 0 Å². The second-order valence-corrected chi connectivity index (χ2v) is 6.34. The van der Waals surface area contributed by atoms with E-state index < -0.39 is 0 Å². The number of anilines is 1. The van der Waals surface area contributed by atoms with Crippen LogP contribution in [0.5, 0.6) is 0 Å². The lowest BCUT2D eigenvalue weighted by atomic mass is 9.75. The third-order valence-corrected chi connectivity index (χ3v) is 4.09. The van der Waals surface area contributed by atoms with E-state index in [0.717, 1.165) is 24.7 Å². The molecule has 2 rings (SSSR count). The average Bonchev–Trinajstić information content (AvgIpc) is 2.38. The fraction of sp³-hybridized carbons (Fsp3) is 0.667. The molecule has 1 fully saturated rings. The van der Waals surface area contributed by atoms with Crippen LogP contribution in [-0.4, -0.2) is 18.1 Å². The van der Waals surface area contributed by atoms with Crippen molar-refractivity contribution in [2.45, 2.75) is 40.2 Å². The van der Waals surface area contributed by atoms with E-state index in [1.807, 2.05) is 6.20 Å². The fourth-order valence-corrected chi connectivity index (χ4v) is 2.78. The molecule has 0 unspecified atom stereocenters. The average molecular weight is 247 g/mol. The van der Waals surface area contributed by atoms with Crippen LogP contribution >= 0.6 is 0 Å². The highest BCUT2D eigenvalue weighted by Gasteiger charge is 2.28. The lowest BCUT2D eigenvalue weighted by Crippen LogP contribution is -2.38. The molecule has 18 heavy (non-hydrogen) atoms. The summed E-state index contributed by atoms with van der Waals surface area (Å²) in [6, 6.07) is 4.22. The Morgan fingerprint density at radius 1 is 1.33 bits per heavy atom. The maximum absolute atomic E-state index is 5.65. The standard InChI is InChI=1S/C15H25N3/c1-15(2,3)12-5-8-18(9-6-12)14-4-7-17-13(10-14)11-16/h4,7,10,12H,5-6,8-9,11,16H2,1-3H3. The van der Waals surface area contributed by atoms with Crippen LogP contribution < -0.4 is 10.6 Å². The van der Waals surface area contributed by atoms with Crippen molar-refractivity contribution in [3.05, 3.63) is 24.0 Å². The first kappa shape index (κ1) is 13.3. The van der Waals surface area contributed by atoms with Crippen LogP contribution in [0.4, 0.5) is 5.69 Å². The van der Waals surface area contributed by atoms with Crippen LogP contribution in [0.25, 0.3) is 0 Å². The summed E-state index contributed by atoms with van der Waals surface area (Å²) in [7, 11) is 0. The summed E-state index contributed by atoms with van der Waals surface area (Å²) in [5.74, 6) is 0.838. The molecule has 0 spiro atoms. The SMILES string of the molecule is CC(C)(C)C1CCN(c2ccnc(CN)c2)CC1. The van der Waals surface area contributed by atoms with Crippen LogP contribution in [-0.2, 0) is 6.54 Å². The van der Waals surface area contributed by atoms with Crippen molar-refractivity contribution in [1.82, 2.24) is 4.98 Å². The molecule has 0 aliphatic carbocycles. The summed E-state index contributed by atoms with van der Waals surface area (Å²) in [6.45, 7) is 9.88. The predicted molar refractivity (Wildman–Crippen MR) is 76.5 cm³/mol.